The van der Waals surface area contributed by atoms with Gasteiger partial charge in [-0.05, 0) is 125 Å². The molecular weight excluding hydrogens is 955 g/mol. The molecule has 0 unspecified atom stereocenters. The second-order valence-electron chi connectivity index (χ2n) is 19.0. The predicted molar refractivity (Wildman–Crippen MR) is 307 cm³/mol. The van der Waals surface area contributed by atoms with Gasteiger partial charge in [0, 0.05) is 49.4 Å². The molecule has 9 heteroatoms. The molecule has 0 fully saturated rings. The highest BCUT2D eigenvalue weighted by Gasteiger charge is 2.23. The van der Waals surface area contributed by atoms with Crippen molar-refractivity contribution in [1.29, 1.82) is 26.3 Å². The van der Waals surface area contributed by atoms with Crippen LogP contribution >= 0.6 is 0 Å². The van der Waals surface area contributed by atoms with Gasteiger partial charge in [-0.1, -0.05) is 121 Å². The molecule has 10 aromatic carbocycles. The average molecular weight is 992 g/mol. The molecule has 358 valence electrons. The van der Waals surface area contributed by atoms with Crippen LogP contribution in [0.15, 0.2) is 224 Å². The molecule has 0 N–H and O–H groups in total. The van der Waals surface area contributed by atoms with Crippen LogP contribution in [-0.2, 0) is 0 Å². The van der Waals surface area contributed by atoms with Crippen molar-refractivity contribution in [2.45, 2.75) is 0 Å². The van der Waals surface area contributed by atoms with E-state index in [1.165, 1.54) is 0 Å². The Kier molecular flexibility index (Phi) is 11.2. The van der Waals surface area contributed by atoms with Crippen molar-refractivity contribution in [3.8, 4) is 109 Å². The van der Waals surface area contributed by atoms with E-state index < -0.39 is 0 Å². The topological polar surface area (TPSA) is 155 Å². The van der Waals surface area contributed by atoms with Gasteiger partial charge in [-0.2, -0.15) is 26.3 Å². The lowest BCUT2D eigenvalue weighted by atomic mass is 9.96. The van der Waals surface area contributed by atoms with E-state index in [0.29, 0.717) is 33.6 Å². The summed E-state index contributed by atoms with van der Waals surface area (Å²) in [6, 6.07) is 85.2. The zero-order valence-electron chi connectivity index (χ0n) is 41.4. The summed E-state index contributed by atoms with van der Waals surface area (Å²) in [4.78, 5) is 10.4. The molecule has 0 saturated carbocycles. The molecule has 0 saturated heterocycles. The van der Waals surface area contributed by atoms with E-state index in [9.17, 15) is 26.3 Å². The van der Waals surface area contributed by atoms with Gasteiger partial charge < -0.3 is 9.13 Å². The second kappa shape index (κ2) is 19.0. The maximum atomic E-state index is 10.7. The van der Waals surface area contributed by atoms with Crippen molar-refractivity contribution in [3.63, 3.8) is 0 Å². The van der Waals surface area contributed by atoms with E-state index in [2.05, 4.69) is 118 Å². The summed E-state index contributed by atoms with van der Waals surface area (Å²) in [5.41, 5.74) is 16.6. The highest BCUT2D eigenvalue weighted by atomic mass is 15.0. The monoisotopic (exact) mass is 991 g/mol. The number of nitriles is 5. The van der Waals surface area contributed by atoms with Crippen molar-refractivity contribution in [2.75, 3.05) is 0 Å². The number of hydrogen-bond acceptors (Lipinski definition) is 7. The molecule has 0 aliphatic carbocycles. The molecule has 9 nitrogen and oxygen atoms in total. The number of rotatable bonds is 8. The van der Waals surface area contributed by atoms with Gasteiger partial charge in [0.05, 0.1) is 103 Å². The number of para-hydroxylation sites is 2. The molecule has 0 atom stereocenters. The van der Waals surface area contributed by atoms with Gasteiger partial charge in [0.1, 0.15) is 0 Å². The zero-order chi connectivity index (χ0) is 52.9. The lowest BCUT2D eigenvalue weighted by Crippen LogP contribution is -2.03. The summed E-state index contributed by atoms with van der Waals surface area (Å²) >= 11 is 0. The van der Waals surface area contributed by atoms with E-state index >= 15 is 0 Å². The zero-order valence-corrected chi connectivity index (χ0v) is 41.4. The molecule has 3 aromatic heterocycles. The largest absolute Gasteiger partial charge is 0.309 e. The fourth-order valence-electron chi connectivity index (χ4n) is 10.9. The second-order valence-corrected chi connectivity index (χ2v) is 19.0. The first-order valence-electron chi connectivity index (χ1n) is 25.1. The highest BCUT2D eigenvalue weighted by Crippen LogP contribution is 2.44. The van der Waals surface area contributed by atoms with Crippen molar-refractivity contribution < 1.29 is 0 Å². The van der Waals surface area contributed by atoms with Gasteiger partial charge >= 0.3 is 0 Å². The third-order valence-electron chi connectivity index (χ3n) is 14.4. The molecular formula is C69H37N9. The summed E-state index contributed by atoms with van der Waals surface area (Å²) < 4.78 is 4.53. The molecule has 13 rings (SSSR count). The van der Waals surface area contributed by atoms with Crippen LogP contribution in [-0.4, -0.2) is 19.1 Å². The third-order valence-corrected chi connectivity index (χ3v) is 14.4. The van der Waals surface area contributed by atoms with Gasteiger partial charge in [-0.3, -0.25) is 0 Å². The van der Waals surface area contributed by atoms with Gasteiger partial charge in [-0.25, -0.2) is 9.97 Å². The van der Waals surface area contributed by atoms with Crippen molar-refractivity contribution in [2.24, 2.45) is 0 Å². The molecule has 13 aromatic rings. The summed E-state index contributed by atoms with van der Waals surface area (Å²) in [5, 5.41) is 54.2. The Balaban J connectivity index is 1.09. The fraction of sp³-hybridized carbons (Fsp3) is 0. The minimum absolute atomic E-state index is 0.405. The lowest BCUT2D eigenvalue weighted by molar-refractivity contribution is 1.15. The van der Waals surface area contributed by atoms with E-state index in [1.807, 2.05) is 133 Å². The Morgan fingerprint density at radius 2 is 0.718 bits per heavy atom. The van der Waals surface area contributed by atoms with E-state index in [1.54, 1.807) is 12.1 Å². The SMILES string of the molecule is N#Cc1cc(C#N)cc(-c2ccc3c(c2)c2ccccc2n3-c2ccc(C#N)cc2-c2ccc(-c3cc(-c4ccccc4)nc(-c4ccccc4)n3)cc2-n2c3ccccc3c3cc(-c4cc(C#N)cc(C#N)c4)ccc32)c1. The molecule has 0 spiro atoms. The summed E-state index contributed by atoms with van der Waals surface area (Å²) in [7, 11) is 0. The Labute approximate surface area is 448 Å². The normalized spacial score (nSPS) is 11.0. The Morgan fingerprint density at radius 1 is 0.269 bits per heavy atom. The number of aromatic nitrogens is 4. The van der Waals surface area contributed by atoms with Gasteiger partial charge in [0.2, 0.25) is 0 Å². The summed E-state index contributed by atoms with van der Waals surface area (Å²) in [6.45, 7) is 0. The van der Waals surface area contributed by atoms with Crippen molar-refractivity contribution >= 4 is 43.6 Å². The average Bonchev–Trinajstić information content (AvgIpc) is 4.23. The van der Waals surface area contributed by atoms with E-state index in [-0.39, 0.29) is 0 Å². The van der Waals surface area contributed by atoms with Gasteiger partial charge in [0.25, 0.3) is 0 Å². The molecule has 3 heterocycles. The quantitative estimate of drug-likeness (QED) is 0.147. The maximum absolute atomic E-state index is 10.7. The molecule has 0 aliphatic heterocycles. The van der Waals surface area contributed by atoms with Crippen LogP contribution in [0.1, 0.15) is 27.8 Å². The van der Waals surface area contributed by atoms with Gasteiger partial charge in [0.15, 0.2) is 5.82 Å². The summed E-state index contributed by atoms with van der Waals surface area (Å²) in [5.74, 6) is 0.587. The number of benzene rings is 10. The minimum atomic E-state index is 0.405. The first-order chi connectivity index (χ1) is 38.4. The Bertz CT molecular complexity index is 4730. The highest BCUT2D eigenvalue weighted by molar-refractivity contribution is 6.13. The smallest absolute Gasteiger partial charge is 0.160 e. The van der Waals surface area contributed by atoms with Crippen molar-refractivity contribution in [3.05, 3.63) is 252 Å². The molecule has 0 bridgehead atoms. The molecule has 78 heavy (non-hydrogen) atoms. The summed E-state index contributed by atoms with van der Waals surface area (Å²) in [6.07, 6.45) is 0. The van der Waals surface area contributed by atoms with Crippen molar-refractivity contribution in [1.82, 2.24) is 19.1 Å². The number of fused-ring (bicyclic) bond motifs is 6. The van der Waals surface area contributed by atoms with Crippen LogP contribution in [0, 0.1) is 56.7 Å². The van der Waals surface area contributed by atoms with E-state index in [4.69, 9.17) is 9.97 Å². The van der Waals surface area contributed by atoms with Crippen LogP contribution in [0.4, 0.5) is 0 Å². The third kappa shape index (κ3) is 7.93. The first kappa shape index (κ1) is 46.1. The molecule has 0 radical (unpaired) electrons. The maximum Gasteiger partial charge on any atom is 0.160 e. The first-order valence-corrected chi connectivity index (χ1v) is 25.1. The Hall–Kier alpha value is -11.7. The molecule has 0 aliphatic rings. The van der Waals surface area contributed by atoms with Crippen LogP contribution < -0.4 is 0 Å². The number of nitrogens with zero attached hydrogens (tertiary/aromatic N) is 9. The predicted octanol–water partition coefficient (Wildman–Crippen LogP) is 16.0. The van der Waals surface area contributed by atoms with Gasteiger partial charge in [-0.15, -0.1) is 0 Å². The standard InChI is InChI=1S/C69H37N9/c70-38-43-19-24-65(77-63-17-9-7-15-55(63)59-34-50(21-25-66(59)77)53-29-44(39-71)27-45(30-53)40-72)58(33-43)57-23-20-52(62-37-61(48-11-3-1-4-12-48)75-69(76-62)49-13-5-2-6-14-49)36-68(57)78-64-18-10-8-16-56(64)60-35-51(22-26-67(60)78)54-31-46(41-73)28-47(32-54)42-74/h1-37H. The van der Waals surface area contributed by atoms with Crippen LogP contribution in [0.3, 0.4) is 0 Å². The fourth-order valence-corrected chi connectivity index (χ4v) is 10.9. The van der Waals surface area contributed by atoms with Crippen LogP contribution in [0.5, 0.6) is 0 Å². The molecule has 0 amide bonds. The van der Waals surface area contributed by atoms with Crippen LogP contribution in [0.25, 0.3) is 122 Å². The minimum Gasteiger partial charge on any atom is -0.309 e. The van der Waals surface area contributed by atoms with E-state index in [0.717, 1.165) is 116 Å². The van der Waals surface area contributed by atoms with Crippen LogP contribution in [0.2, 0.25) is 0 Å². The number of hydrogen-bond donors (Lipinski definition) is 0. The Morgan fingerprint density at radius 3 is 1.24 bits per heavy atom. The lowest BCUT2D eigenvalue weighted by Gasteiger charge is -2.20.